The Hall–Kier alpha value is -1.12. The van der Waals surface area contributed by atoms with Crippen LogP contribution in [0.2, 0.25) is 0 Å². The molecule has 0 amide bonds. The van der Waals surface area contributed by atoms with E-state index in [9.17, 15) is 10.1 Å². The van der Waals surface area contributed by atoms with Gasteiger partial charge in [-0.3, -0.25) is 10.1 Å². The van der Waals surface area contributed by atoms with Crippen LogP contribution in [0.4, 0.5) is 5.00 Å². The van der Waals surface area contributed by atoms with Gasteiger partial charge in [0.2, 0.25) is 0 Å². The van der Waals surface area contributed by atoms with Crippen molar-refractivity contribution in [2.45, 2.75) is 5.88 Å². The lowest BCUT2D eigenvalue weighted by Crippen LogP contribution is -1.85. The van der Waals surface area contributed by atoms with Crippen LogP contribution in [0.25, 0.3) is 0 Å². The molecule has 0 aliphatic heterocycles. The van der Waals surface area contributed by atoms with E-state index in [4.69, 9.17) is 16.9 Å². The predicted molar refractivity (Wildman–Crippen MR) is 45.2 cm³/mol. The first-order valence-corrected chi connectivity index (χ1v) is 4.27. The van der Waals surface area contributed by atoms with Gasteiger partial charge in [-0.05, 0) is 6.07 Å². The number of nitriles is 1. The van der Waals surface area contributed by atoms with E-state index in [0.29, 0.717) is 4.88 Å². The summed E-state index contributed by atoms with van der Waals surface area (Å²) >= 11 is 6.39. The van der Waals surface area contributed by atoms with Gasteiger partial charge < -0.3 is 0 Å². The smallest absolute Gasteiger partial charge is 0.258 e. The topological polar surface area (TPSA) is 66.9 Å². The first-order valence-electron chi connectivity index (χ1n) is 2.92. The van der Waals surface area contributed by atoms with Gasteiger partial charge in [0.05, 0.1) is 10.8 Å². The normalized spacial score (nSPS) is 9.33. The summed E-state index contributed by atoms with van der Waals surface area (Å²) in [7, 11) is 0. The van der Waals surface area contributed by atoms with Gasteiger partial charge in [0, 0.05) is 4.88 Å². The Labute approximate surface area is 77.2 Å². The molecule has 12 heavy (non-hydrogen) atoms. The zero-order chi connectivity index (χ0) is 9.14. The summed E-state index contributed by atoms with van der Waals surface area (Å²) in [6, 6.07) is 3.18. The molecule has 0 aromatic carbocycles. The van der Waals surface area contributed by atoms with Crippen LogP contribution in [0.5, 0.6) is 0 Å². The second-order valence-electron chi connectivity index (χ2n) is 1.93. The molecule has 62 valence electrons. The Kier molecular flexibility index (Phi) is 2.63. The third-order valence-electron chi connectivity index (χ3n) is 1.18. The van der Waals surface area contributed by atoms with Crippen LogP contribution in [0.15, 0.2) is 6.07 Å². The molecule has 0 aliphatic rings. The van der Waals surface area contributed by atoms with Gasteiger partial charge in [-0.2, -0.15) is 5.26 Å². The van der Waals surface area contributed by atoms with Crippen molar-refractivity contribution in [1.82, 2.24) is 0 Å². The number of alkyl halides is 1. The third-order valence-corrected chi connectivity index (χ3v) is 2.71. The molecule has 0 saturated carbocycles. The summed E-state index contributed by atoms with van der Waals surface area (Å²) < 4.78 is 0. The van der Waals surface area contributed by atoms with Crippen molar-refractivity contribution in [2.75, 3.05) is 0 Å². The summed E-state index contributed by atoms with van der Waals surface area (Å²) in [4.78, 5) is 10.4. The minimum atomic E-state index is -0.570. The quantitative estimate of drug-likeness (QED) is 0.420. The lowest BCUT2D eigenvalue weighted by atomic mass is 10.3. The highest BCUT2D eigenvalue weighted by Crippen LogP contribution is 2.30. The molecule has 0 saturated heterocycles. The van der Waals surface area contributed by atoms with Crippen LogP contribution < -0.4 is 0 Å². The molecule has 0 spiro atoms. The highest BCUT2D eigenvalue weighted by molar-refractivity contribution is 7.15. The minimum Gasteiger partial charge on any atom is -0.258 e. The number of hydrogen-bond donors (Lipinski definition) is 0. The average Bonchev–Trinajstić information content (AvgIpc) is 2.47. The molecule has 1 rings (SSSR count). The first-order chi connectivity index (χ1) is 5.69. The summed E-state index contributed by atoms with van der Waals surface area (Å²) in [5.74, 6) is 0.202. The molecule has 0 N–H and O–H groups in total. The van der Waals surface area contributed by atoms with Crippen LogP contribution in [0.3, 0.4) is 0 Å². The lowest BCUT2D eigenvalue weighted by Gasteiger charge is -1.81. The van der Waals surface area contributed by atoms with E-state index in [1.807, 2.05) is 0 Å². The van der Waals surface area contributed by atoms with E-state index >= 15 is 0 Å². The standard InChI is InChI=1S/C6H3ClN2O2S/c7-2-5-1-4(3-8)6(12-5)9(10)11/h1H,2H2. The summed E-state index contributed by atoms with van der Waals surface area (Å²) in [6.45, 7) is 0. The van der Waals surface area contributed by atoms with Crippen molar-refractivity contribution in [3.63, 3.8) is 0 Å². The molecule has 1 aromatic rings. The maximum atomic E-state index is 10.3. The zero-order valence-electron chi connectivity index (χ0n) is 5.78. The molecule has 0 unspecified atom stereocenters. The molecule has 1 heterocycles. The number of thiophene rings is 1. The van der Waals surface area contributed by atoms with E-state index in [1.165, 1.54) is 6.07 Å². The Bertz CT molecular complexity index is 355. The second kappa shape index (κ2) is 3.52. The average molecular weight is 203 g/mol. The predicted octanol–water partition coefficient (Wildman–Crippen LogP) is 2.27. The highest BCUT2D eigenvalue weighted by Gasteiger charge is 2.17. The van der Waals surface area contributed by atoms with Gasteiger partial charge in [0.25, 0.3) is 0 Å². The number of nitro groups is 1. The molecule has 4 nitrogen and oxygen atoms in total. The van der Waals surface area contributed by atoms with E-state index in [1.54, 1.807) is 6.07 Å². The maximum absolute atomic E-state index is 10.3. The largest absolute Gasteiger partial charge is 0.342 e. The molecule has 0 bridgehead atoms. The SMILES string of the molecule is N#Cc1cc(CCl)sc1[N+](=O)[O-]. The molecule has 0 atom stereocenters. The molecule has 0 aliphatic carbocycles. The van der Waals surface area contributed by atoms with Crippen molar-refractivity contribution >= 4 is 27.9 Å². The fourth-order valence-corrected chi connectivity index (χ4v) is 1.72. The van der Waals surface area contributed by atoms with Crippen LogP contribution in [-0.2, 0) is 5.88 Å². The van der Waals surface area contributed by atoms with Crippen LogP contribution in [-0.4, -0.2) is 4.92 Å². The molecule has 1 aromatic heterocycles. The van der Waals surface area contributed by atoms with Crippen LogP contribution in [0, 0.1) is 21.4 Å². The summed E-state index contributed by atoms with van der Waals surface area (Å²) in [6.07, 6.45) is 0. The molecular formula is C6H3ClN2O2S. The van der Waals surface area contributed by atoms with Crippen molar-refractivity contribution in [3.05, 3.63) is 26.6 Å². The van der Waals surface area contributed by atoms with E-state index < -0.39 is 4.92 Å². The molecular weight excluding hydrogens is 200 g/mol. The van der Waals surface area contributed by atoms with Crippen molar-refractivity contribution in [2.24, 2.45) is 0 Å². The number of rotatable bonds is 2. The van der Waals surface area contributed by atoms with Gasteiger partial charge in [-0.25, -0.2) is 0 Å². The summed E-state index contributed by atoms with van der Waals surface area (Å²) in [5, 5.41) is 18.7. The Balaban J connectivity index is 3.19. The maximum Gasteiger partial charge on any atom is 0.342 e. The van der Waals surface area contributed by atoms with Gasteiger partial charge in [-0.15, -0.1) is 11.6 Å². The zero-order valence-corrected chi connectivity index (χ0v) is 7.35. The van der Waals surface area contributed by atoms with Gasteiger partial charge in [-0.1, -0.05) is 11.3 Å². The van der Waals surface area contributed by atoms with E-state index in [-0.39, 0.29) is 16.4 Å². The van der Waals surface area contributed by atoms with Crippen LogP contribution in [0.1, 0.15) is 10.4 Å². The highest BCUT2D eigenvalue weighted by atomic mass is 35.5. The van der Waals surface area contributed by atoms with Crippen LogP contribution >= 0.6 is 22.9 Å². The first kappa shape index (κ1) is 8.97. The summed E-state index contributed by atoms with van der Waals surface area (Å²) in [5.41, 5.74) is 0.0839. The fraction of sp³-hybridized carbons (Fsp3) is 0.167. The molecule has 0 radical (unpaired) electrons. The van der Waals surface area contributed by atoms with Gasteiger partial charge >= 0.3 is 5.00 Å². The van der Waals surface area contributed by atoms with E-state index in [2.05, 4.69) is 0 Å². The van der Waals surface area contributed by atoms with Crippen molar-refractivity contribution < 1.29 is 4.92 Å². The van der Waals surface area contributed by atoms with Gasteiger partial charge in [0.15, 0.2) is 0 Å². The fourth-order valence-electron chi connectivity index (χ4n) is 0.713. The Morgan fingerprint density at radius 3 is 2.83 bits per heavy atom. The lowest BCUT2D eigenvalue weighted by molar-refractivity contribution is -0.380. The monoisotopic (exact) mass is 202 g/mol. The number of hydrogen-bond acceptors (Lipinski definition) is 4. The Morgan fingerprint density at radius 1 is 1.83 bits per heavy atom. The van der Waals surface area contributed by atoms with E-state index in [0.717, 1.165) is 11.3 Å². The van der Waals surface area contributed by atoms with Crippen molar-refractivity contribution in [1.29, 1.82) is 5.26 Å². The third kappa shape index (κ3) is 1.55. The van der Waals surface area contributed by atoms with Crippen molar-refractivity contribution in [3.8, 4) is 6.07 Å². The molecule has 6 heteroatoms. The second-order valence-corrected chi connectivity index (χ2v) is 3.32. The number of nitrogens with zero attached hydrogens (tertiary/aromatic N) is 2. The van der Waals surface area contributed by atoms with Gasteiger partial charge in [0.1, 0.15) is 11.6 Å². The molecule has 0 fully saturated rings. The number of halogens is 1. The minimum absolute atomic E-state index is 0.0839. The Morgan fingerprint density at radius 2 is 2.50 bits per heavy atom.